The molecular formula is C16H23F2N. The molecular weight excluding hydrogens is 244 g/mol. The van der Waals surface area contributed by atoms with Crippen molar-refractivity contribution >= 4 is 0 Å². The molecule has 1 aromatic rings. The first-order chi connectivity index (χ1) is 9.11. The molecule has 1 aromatic carbocycles. The maximum absolute atomic E-state index is 14.0. The smallest absolute Gasteiger partial charge is 0.130 e. The normalized spacial score (nSPS) is 24.6. The third kappa shape index (κ3) is 3.53. The molecule has 1 fully saturated rings. The summed E-state index contributed by atoms with van der Waals surface area (Å²) in [4.78, 5) is 0. The standard InChI is InChI=1S/C16H23F2N/c1-3-8-19-16(12-5-4-11(2)9-12)14-7-6-13(17)10-15(14)18/h6-7,10-12,16,19H,3-5,8-9H2,1-2H3. The van der Waals surface area contributed by atoms with E-state index >= 15 is 0 Å². The highest BCUT2D eigenvalue weighted by Gasteiger charge is 2.30. The first-order valence-corrected chi connectivity index (χ1v) is 7.30. The van der Waals surface area contributed by atoms with Crippen LogP contribution in [0.2, 0.25) is 0 Å². The highest BCUT2D eigenvalue weighted by Crippen LogP contribution is 2.39. The van der Waals surface area contributed by atoms with E-state index in [9.17, 15) is 8.78 Å². The number of nitrogens with one attached hydrogen (secondary N) is 1. The van der Waals surface area contributed by atoms with E-state index in [-0.39, 0.29) is 6.04 Å². The molecule has 0 saturated heterocycles. The molecule has 1 saturated carbocycles. The van der Waals surface area contributed by atoms with E-state index < -0.39 is 11.6 Å². The van der Waals surface area contributed by atoms with Crippen LogP contribution in [-0.2, 0) is 0 Å². The Hall–Kier alpha value is -0.960. The van der Waals surface area contributed by atoms with Gasteiger partial charge in [0.25, 0.3) is 0 Å². The minimum absolute atomic E-state index is 0.0190. The van der Waals surface area contributed by atoms with Gasteiger partial charge in [-0.1, -0.05) is 26.3 Å². The molecule has 0 bridgehead atoms. The van der Waals surface area contributed by atoms with Crippen molar-refractivity contribution in [2.24, 2.45) is 11.8 Å². The first kappa shape index (κ1) is 14.4. The summed E-state index contributed by atoms with van der Waals surface area (Å²) in [6.07, 6.45) is 4.47. The fourth-order valence-electron chi connectivity index (χ4n) is 3.14. The van der Waals surface area contributed by atoms with Gasteiger partial charge in [0.1, 0.15) is 11.6 Å². The number of halogens is 2. The summed E-state index contributed by atoms with van der Waals surface area (Å²) in [5, 5.41) is 3.45. The minimum Gasteiger partial charge on any atom is -0.310 e. The van der Waals surface area contributed by atoms with Gasteiger partial charge in [-0.05, 0) is 43.7 Å². The van der Waals surface area contributed by atoms with Crippen LogP contribution < -0.4 is 5.32 Å². The minimum atomic E-state index is -0.504. The Morgan fingerprint density at radius 2 is 2.11 bits per heavy atom. The fourth-order valence-corrected chi connectivity index (χ4v) is 3.14. The van der Waals surface area contributed by atoms with Gasteiger partial charge in [0, 0.05) is 17.7 Å². The van der Waals surface area contributed by atoms with E-state index in [1.54, 1.807) is 6.07 Å². The van der Waals surface area contributed by atoms with Gasteiger partial charge in [-0.2, -0.15) is 0 Å². The lowest BCUT2D eigenvalue weighted by molar-refractivity contribution is 0.348. The summed E-state index contributed by atoms with van der Waals surface area (Å²) >= 11 is 0. The Kier molecular flexibility index (Phi) is 4.92. The maximum atomic E-state index is 14.0. The molecule has 19 heavy (non-hydrogen) atoms. The Morgan fingerprint density at radius 1 is 1.32 bits per heavy atom. The van der Waals surface area contributed by atoms with Gasteiger partial charge in [-0.25, -0.2) is 8.78 Å². The molecule has 1 nitrogen and oxygen atoms in total. The summed E-state index contributed by atoms with van der Waals surface area (Å²) in [5.41, 5.74) is 0.619. The van der Waals surface area contributed by atoms with Crippen molar-refractivity contribution < 1.29 is 8.78 Å². The van der Waals surface area contributed by atoms with Gasteiger partial charge in [0.15, 0.2) is 0 Å². The van der Waals surface area contributed by atoms with Gasteiger partial charge in [0.05, 0.1) is 0 Å². The molecule has 1 N–H and O–H groups in total. The number of rotatable bonds is 5. The fraction of sp³-hybridized carbons (Fsp3) is 0.625. The van der Waals surface area contributed by atoms with Crippen molar-refractivity contribution in [2.75, 3.05) is 6.54 Å². The van der Waals surface area contributed by atoms with Gasteiger partial charge in [-0.3, -0.25) is 0 Å². The highest BCUT2D eigenvalue weighted by atomic mass is 19.1. The van der Waals surface area contributed by atoms with E-state index in [0.29, 0.717) is 17.4 Å². The van der Waals surface area contributed by atoms with Crippen molar-refractivity contribution in [3.8, 4) is 0 Å². The third-order valence-corrected chi connectivity index (χ3v) is 4.12. The summed E-state index contributed by atoms with van der Waals surface area (Å²) < 4.78 is 27.0. The summed E-state index contributed by atoms with van der Waals surface area (Å²) in [6, 6.07) is 3.97. The number of hydrogen-bond donors (Lipinski definition) is 1. The zero-order valence-electron chi connectivity index (χ0n) is 11.8. The Labute approximate surface area is 114 Å². The van der Waals surface area contributed by atoms with Gasteiger partial charge in [-0.15, -0.1) is 0 Å². The van der Waals surface area contributed by atoms with Crippen LogP contribution in [-0.4, -0.2) is 6.54 Å². The van der Waals surface area contributed by atoms with Crippen LogP contribution in [0.25, 0.3) is 0 Å². The summed E-state index contributed by atoms with van der Waals surface area (Å²) in [5.74, 6) is 0.240. The number of hydrogen-bond acceptors (Lipinski definition) is 1. The van der Waals surface area contributed by atoms with E-state index in [2.05, 4.69) is 19.2 Å². The molecule has 0 aromatic heterocycles. The molecule has 106 valence electrons. The van der Waals surface area contributed by atoms with Gasteiger partial charge < -0.3 is 5.32 Å². The predicted octanol–water partition coefficient (Wildman–Crippen LogP) is 4.44. The van der Waals surface area contributed by atoms with Crippen LogP contribution in [0.4, 0.5) is 8.78 Å². The average molecular weight is 267 g/mol. The molecule has 0 spiro atoms. The van der Waals surface area contributed by atoms with Crippen molar-refractivity contribution in [3.05, 3.63) is 35.4 Å². The first-order valence-electron chi connectivity index (χ1n) is 7.30. The second-order valence-corrected chi connectivity index (χ2v) is 5.78. The van der Waals surface area contributed by atoms with E-state index in [4.69, 9.17) is 0 Å². The van der Waals surface area contributed by atoms with Crippen LogP contribution in [0.5, 0.6) is 0 Å². The molecule has 0 aliphatic heterocycles. The van der Waals surface area contributed by atoms with Crippen LogP contribution in [0, 0.1) is 23.5 Å². The molecule has 0 heterocycles. The van der Waals surface area contributed by atoms with E-state index in [1.807, 2.05) is 0 Å². The zero-order chi connectivity index (χ0) is 13.8. The Morgan fingerprint density at radius 3 is 2.68 bits per heavy atom. The topological polar surface area (TPSA) is 12.0 Å². The highest BCUT2D eigenvalue weighted by molar-refractivity contribution is 5.23. The lowest BCUT2D eigenvalue weighted by Gasteiger charge is -2.26. The molecule has 1 aliphatic carbocycles. The SMILES string of the molecule is CCCNC(c1ccc(F)cc1F)C1CCC(C)C1. The van der Waals surface area contributed by atoms with Crippen LogP contribution >= 0.6 is 0 Å². The molecule has 0 radical (unpaired) electrons. The number of benzene rings is 1. The monoisotopic (exact) mass is 267 g/mol. The van der Waals surface area contributed by atoms with Crippen molar-refractivity contribution in [2.45, 2.75) is 45.6 Å². The second kappa shape index (κ2) is 6.47. The van der Waals surface area contributed by atoms with E-state index in [0.717, 1.165) is 31.9 Å². The maximum Gasteiger partial charge on any atom is 0.130 e. The van der Waals surface area contributed by atoms with Crippen molar-refractivity contribution in [3.63, 3.8) is 0 Å². The molecule has 2 rings (SSSR count). The molecule has 3 heteroatoms. The van der Waals surface area contributed by atoms with Crippen LogP contribution in [0.1, 0.15) is 51.1 Å². The quantitative estimate of drug-likeness (QED) is 0.831. The molecule has 3 atom stereocenters. The molecule has 3 unspecified atom stereocenters. The van der Waals surface area contributed by atoms with Gasteiger partial charge >= 0.3 is 0 Å². The van der Waals surface area contributed by atoms with Crippen molar-refractivity contribution in [1.82, 2.24) is 5.32 Å². The molecule has 0 amide bonds. The van der Waals surface area contributed by atoms with E-state index in [1.165, 1.54) is 12.5 Å². The third-order valence-electron chi connectivity index (χ3n) is 4.12. The second-order valence-electron chi connectivity index (χ2n) is 5.78. The Balaban J connectivity index is 2.21. The zero-order valence-corrected chi connectivity index (χ0v) is 11.8. The summed E-state index contributed by atoms with van der Waals surface area (Å²) in [7, 11) is 0. The largest absolute Gasteiger partial charge is 0.310 e. The van der Waals surface area contributed by atoms with Crippen LogP contribution in [0.3, 0.4) is 0 Å². The predicted molar refractivity (Wildman–Crippen MR) is 73.9 cm³/mol. The van der Waals surface area contributed by atoms with Crippen molar-refractivity contribution in [1.29, 1.82) is 0 Å². The lowest BCUT2D eigenvalue weighted by atomic mass is 9.90. The van der Waals surface area contributed by atoms with Crippen LogP contribution in [0.15, 0.2) is 18.2 Å². The lowest BCUT2D eigenvalue weighted by Crippen LogP contribution is -2.29. The molecule has 1 aliphatic rings. The van der Waals surface area contributed by atoms with Gasteiger partial charge in [0.2, 0.25) is 0 Å². The Bertz CT molecular complexity index is 419. The average Bonchev–Trinajstić information content (AvgIpc) is 2.78. The summed E-state index contributed by atoms with van der Waals surface area (Å²) in [6.45, 7) is 5.21.